The molecule has 0 aliphatic carbocycles. The Morgan fingerprint density at radius 1 is 1.12 bits per heavy atom. The molecule has 6 heteroatoms. The average molecular weight is 360 g/mol. The molecule has 0 saturated carbocycles. The maximum atomic E-state index is 12.3. The predicted molar refractivity (Wildman–Crippen MR) is 97.2 cm³/mol. The van der Waals surface area contributed by atoms with E-state index in [1.54, 1.807) is 0 Å². The van der Waals surface area contributed by atoms with Crippen molar-refractivity contribution >= 4 is 6.09 Å². The molecule has 1 amide bonds. The molecule has 1 atom stereocenters. The Hall–Kier alpha value is -1.63. The molecule has 6 nitrogen and oxygen atoms in total. The number of hydrogen-bond acceptors (Lipinski definition) is 5. The molecule has 1 aromatic carbocycles. The smallest absolute Gasteiger partial charge is 0.410 e. The summed E-state index contributed by atoms with van der Waals surface area (Å²) < 4.78 is 17.1. The van der Waals surface area contributed by atoms with Crippen LogP contribution in [0, 0.1) is 0 Å². The van der Waals surface area contributed by atoms with Gasteiger partial charge in [-0.3, -0.25) is 0 Å². The van der Waals surface area contributed by atoms with E-state index in [1.165, 1.54) is 5.56 Å². The summed E-state index contributed by atoms with van der Waals surface area (Å²) in [5.41, 5.74) is 0.958. The Morgan fingerprint density at radius 2 is 1.92 bits per heavy atom. The van der Waals surface area contributed by atoms with Gasteiger partial charge in [-0.1, -0.05) is 30.3 Å². The van der Waals surface area contributed by atoms with Crippen molar-refractivity contribution in [3.63, 3.8) is 0 Å². The number of likely N-dealkylation sites (tertiary alicyclic amines) is 1. The SMILES string of the molecule is O=C1OC2(CCN(CC3COCCO3)CC2)CN1CCc1ccccc1. The Balaban J connectivity index is 1.25. The fourth-order valence-electron chi connectivity index (χ4n) is 4.11. The van der Waals surface area contributed by atoms with Crippen molar-refractivity contribution in [2.75, 3.05) is 52.5 Å². The number of carbonyl (C=O) groups is 1. The highest BCUT2D eigenvalue weighted by molar-refractivity contribution is 5.70. The van der Waals surface area contributed by atoms with Gasteiger partial charge in [-0.25, -0.2) is 4.79 Å². The van der Waals surface area contributed by atoms with E-state index in [9.17, 15) is 4.79 Å². The maximum Gasteiger partial charge on any atom is 0.410 e. The number of piperidine rings is 1. The summed E-state index contributed by atoms with van der Waals surface area (Å²) in [5.74, 6) is 0. The van der Waals surface area contributed by atoms with Gasteiger partial charge in [0.2, 0.25) is 0 Å². The Morgan fingerprint density at radius 3 is 2.65 bits per heavy atom. The van der Waals surface area contributed by atoms with Crippen LogP contribution in [0.4, 0.5) is 4.79 Å². The highest BCUT2D eigenvalue weighted by Crippen LogP contribution is 2.33. The fourth-order valence-corrected chi connectivity index (χ4v) is 4.11. The minimum Gasteiger partial charge on any atom is -0.441 e. The minimum atomic E-state index is -0.297. The fraction of sp³-hybridized carbons (Fsp3) is 0.650. The van der Waals surface area contributed by atoms with Crippen molar-refractivity contribution in [2.24, 2.45) is 0 Å². The van der Waals surface area contributed by atoms with Gasteiger partial charge >= 0.3 is 6.09 Å². The third-order valence-corrected chi connectivity index (χ3v) is 5.67. The lowest BCUT2D eigenvalue weighted by atomic mass is 9.91. The van der Waals surface area contributed by atoms with E-state index in [1.807, 2.05) is 23.1 Å². The number of carbonyl (C=O) groups excluding carboxylic acids is 1. The van der Waals surface area contributed by atoms with E-state index in [0.717, 1.165) is 52.0 Å². The summed E-state index contributed by atoms with van der Waals surface area (Å²) in [6.07, 6.45) is 2.68. The van der Waals surface area contributed by atoms with Crippen LogP contribution in [0.2, 0.25) is 0 Å². The van der Waals surface area contributed by atoms with Gasteiger partial charge in [-0.05, 0) is 12.0 Å². The lowest BCUT2D eigenvalue weighted by molar-refractivity contribution is -0.103. The predicted octanol–water partition coefficient (Wildman–Crippen LogP) is 1.93. The molecular formula is C20H28N2O4. The maximum absolute atomic E-state index is 12.3. The van der Waals surface area contributed by atoms with Gasteiger partial charge in [-0.15, -0.1) is 0 Å². The lowest BCUT2D eigenvalue weighted by Crippen LogP contribution is -2.50. The number of hydrogen-bond donors (Lipinski definition) is 0. The summed E-state index contributed by atoms with van der Waals surface area (Å²) >= 11 is 0. The minimum absolute atomic E-state index is 0.154. The van der Waals surface area contributed by atoms with Crippen LogP contribution < -0.4 is 0 Å². The van der Waals surface area contributed by atoms with Crippen LogP contribution in [0.5, 0.6) is 0 Å². The van der Waals surface area contributed by atoms with Crippen molar-refractivity contribution in [3.05, 3.63) is 35.9 Å². The zero-order valence-corrected chi connectivity index (χ0v) is 15.3. The largest absolute Gasteiger partial charge is 0.441 e. The van der Waals surface area contributed by atoms with Gasteiger partial charge in [0.05, 0.1) is 32.5 Å². The zero-order valence-electron chi connectivity index (χ0n) is 15.3. The molecule has 3 heterocycles. The molecular weight excluding hydrogens is 332 g/mol. The second-order valence-electron chi connectivity index (χ2n) is 7.58. The number of ether oxygens (including phenoxy) is 3. The molecule has 0 N–H and O–H groups in total. The molecule has 3 aliphatic heterocycles. The third kappa shape index (κ3) is 4.19. The van der Waals surface area contributed by atoms with E-state index >= 15 is 0 Å². The van der Waals surface area contributed by atoms with Gasteiger partial charge in [0.1, 0.15) is 5.60 Å². The molecule has 4 rings (SSSR count). The monoisotopic (exact) mass is 360 g/mol. The van der Waals surface area contributed by atoms with E-state index < -0.39 is 0 Å². The Labute approximate surface area is 155 Å². The quantitative estimate of drug-likeness (QED) is 0.803. The van der Waals surface area contributed by atoms with Crippen molar-refractivity contribution in [1.82, 2.24) is 9.80 Å². The topological polar surface area (TPSA) is 51.2 Å². The number of nitrogens with zero attached hydrogens (tertiary/aromatic N) is 2. The highest BCUT2D eigenvalue weighted by Gasteiger charge is 2.46. The molecule has 3 saturated heterocycles. The first kappa shape index (κ1) is 17.8. The van der Waals surface area contributed by atoms with Crippen molar-refractivity contribution in [2.45, 2.75) is 31.0 Å². The third-order valence-electron chi connectivity index (χ3n) is 5.67. The molecule has 142 valence electrons. The molecule has 1 unspecified atom stereocenters. The van der Waals surface area contributed by atoms with Gasteiger partial charge in [-0.2, -0.15) is 0 Å². The van der Waals surface area contributed by atoms with E-state index in [-0.39, 0.29) is 17.8 Å². The summed E-state index contributed by atoms with van der Waals surface area (Å²) in [6.45, 7) is 6.31. The standard InChI is InChI=1S/C20H28N2O4/c23-19-22(9-6-17-4-2-1-3-5-17)16-20(26-19)7-10-21(11-8-20)14-18-15-24-12-13-25-18/h1-5,18H,6-16H2. The molecule has 3 aliphatic rings. The Bertz CT molecular complexity index is 595. The van der Waals surface area contributed by atoms with Crippen molar-refractivity contribution in [1.29, 1.82) is 0 Å². The van der Waals surface area contributed by atoms with Crippen LogP contribution >= 0.6 is 0 Å². The molecule has 1 aromatic rings. The number of benzene rings is 1. The Kier molecular flexibility index (Phi) is 5.43. The van der Waals surface area contributed by atoms with Crippen LogP contribution in [-0.4, -0.2) is 80.1 Å². The second kappa shape index (κ2) is 7.94. The van der Waals surface area contributed by atoms with Crippen LogP contribution in [0.3, 0.4) is 0 Å². The number of amides is 1. The van der Waals surface area contributed by atoms with E-state index in [2.05, 4.69) is 17.0 Å². The van der Waals surface area contributed by atoms with Gasteiger partial charge in [0.25, 0.3) is 0 Å². The van der Waals surface area contributed by atoms with Crippen LogP contribution in [0.15, 0.2) is 30.3 Å². The zero-order chi connectivity index (χ0) is 17.8. The van der Waals surface area contributed by atoms with Crippen LogP contribution in [-0.2, 0) is 20.6 Å². The molecule has 0 bridgehead atoms. The van der Waals surface area contributed by atoms with Gasteiger partial charge in [0.15, 0.2) is 0 Å². The highest BCUT2D eigenvalue weighted by atomic mass is 16.6. The van der Waals surface area contributed by atoms with Crippen LogP contribution in [0.25, 0.3) is 0 Å². The van der Waals surface area contributed by atoms with Crippen LogP contribution in [0.1, 0.15) is 18.4 Å². The number of rotatable bonds is 5. The van der Waals surface area contributed by atoms with Gasteiger partial charge in [0, 0.05) is 39.0 Å². The van der Waals surface area contributed by atoms with E-state index in [4.69, 9.17) is 14.2 Å². The molecule has 3 fully saturated rings. The van der Waals surface area contributed by atoms with E-state index in [0.29, 0.717) is 19.8 Å². The first-order valence-corrected chi connectivity index (χ1v) is 9.66. The normalized spacial score (nSPS) is 26.2. The first-order valence-electron chi connectivity index (χ1n) is 9.66. The molecule has 0 aromatic heterocycles. The summed E-state index contributed by atoms with van der Waals surface area (Å²) in [7, 11) is 0. The second-order valence-corrected chi connectivity index (χ2v) is 7.58. The average Bonchev–Trinajstić information content (AvgIpc) is 2.99. The summed E-state index contributed by atoms with van der Waals surface area (Å²) in [5, 5.41) is 0. The van der Waals surface area contributed by atoms with Crippen molar-refractivity contribution < 1.29 is 19.0 Å². The van der Waals surface area contributed by atoms with Crippen molar-refractivity contribution in [3.8, 4) is 0 Å². The lowest BCUT2D eigenvalue weighted by Gasteiger charge is -2.39. The van der Waals surface area contributed by atoms with Gasteiger partial charge < -0.3 is 24.0 Å². The summed E-state index contributed by atoms with van der Waals surface area (Å²) in [6, 6.07) is 10.3. The molecule has 26 heavy (non-hydrogen) atoms. The molecule has 1 spiro atoms. The first-order chi connectivity index (χ1) is 12.7. The summed E-state index contributed by atoms with van der Waals surface area (Å²) in [4.78, 5) is 16.6. The molecule has 0 radical (unpaired) electrons.